The van der Waals surface area contributed by atoms with E-state index in [0.717, 1.165) is 17.4 Å². The monoisotopic (exact) mass is 235 g/mol. The number of hydrogen-bond donors (Lipinski definition) is 0. The second-order valence-corrected chi connectivity index (χ2v) is 4.34. The lowest BCUT2D eigenvalue weighted by atomic mass is 10.5. The van der Waals surface area contributed by atoms with Crippen LogP contribution in [0.25, 0.3) is 0 Å². The summed E-state index contributed by atoms with van der Waals surface area (Å²) in [5.74, 6) is 0.0396. The summed E-state index contributed by atoms with van der Waals surface area (Å²) in [6, 6.07) is 0. The number of morpholine rings is 1. The molecular weight excluding hydrogens is 222 g/mol. The van der Waals surface area contributed by atoms with Gasteiger partial charge in [0.15, 0.2) is 0 Å². The number of nitrogens with zero attached hydrogens (tertiary/aromatic N) is 1. The number of ether oxygens (including phenoxy) is 2. The lowest BCUT2D eigenvalue weighted by molar-refractivity contribution is -0.137. The maximum Gasteiger partial charge on any atom is 0.316 e. The summed E-state index contributed by atoms with van der Waals surface area (Å²) >= 11 is 6.51. The zero-order valence-corrected chi connectivity index (χ0v) is 9.66. The minimum Gasteiger partial charge on any atom is -0.468 e. The van der Waals surface area contributed by atoms with Crippen LogP contribution >= 0.6 is 24.0 Å². The van der Waals surface area contributed by atoms with Crippen LogP contribution in [0.4, 0.5) is 0 Å². The Hall–Kier alpha value is -0.330. The van der Waals surface area contributed by atoms with E-state index >= 15 is 0 Å². The molecule has 0 N–H and O–H groups in total. The van der Waals surface area contributed by atoms with Gasteiger partial charge in [-0.05, 0) is 0 Å². The summed E-state index contributed by atoms with van der Waals surface area (Å²) in [6.07, 6.45) is 0. The minimum absolute atomic E-state index is 0.245. The Bertz CT molecular complexity index is 217. The standard InChI is InChI=1S/C8H13NO3S2/c1-11-7(10)6-14-8(13)9-2-4-12-5-3-9/h2-6H2,1H3. The maximum atomic E-state index is 10.9. The molecule has 0 unspecified atom stereocenters. The van der Waals surface area contributed by atoms with Crippen LogP contribution in [0.5, 0.6) is 0 Å². The van der Waals surface area contributed by atoms with Gasteiger partial charge in [-0.1, -0.05) is 24.0 Å². The molecule has 1 fully saturated rings. The summed E-state index contributed by atoms with van der Waals surface area (Å²) in [5, 5.41) is 0. The van der Waals surface area contributed by atoms with E-state index < -0.39 is 0 Å². The predicted molar refractivity (Wildman–Crippen MR) is 59.5 cm³/mol. The first-order valence-corrected chi connectivity index (χ1v) is 5.69. The highest BCUT2D eigenvalue weighted by molar-refractivity contribution is 8.23. The highest BCUT2D eigenvalue weighted by atomic mass is 32.2. The molecule has 1 aliphatic heterocycles. The van der Waals surface area contributed by atoms with Crippen molar-refractivity contribution in [2.75, 3.05) is 39.2 Å². The summed E-state index contributed by atoms with van der Waals surface area (Å²) < 4.78 is 10.5. The van der Waals surface area contributed by atoms with Gasteiger partial charge >= 0.3 is 5.97 Å². The summed E-state index contributed by atoms with van der Waals surface area (Å²) in [5.41, 5.74) is 0. The zero-order valence-electron chi connectivity index (χ0n) is 8.02. The van der Waals surface area contributed by atoms with Crippen LogP contribution in [0.3, 0.4) is 0 Å². The molecule has 1 rings (SSSR count). The topological polar surface area (TPSA) is 38.8 Å². The number of hydrogen-bond acceptors (Lipinski definition) is 5. The van der Waals surface area contributed by atoms with E-state index in [1.165, 1.54) is 18.9 Å². The zero-order chi connectivity index (χ0) is 10.4. The van der Waals surface area contributed by atoms with Crippen molar-refractivity contribution in [2.24, 2.45) is 0 Å². The van der Waals surface area contributed by atoms with Crippen molar-refractivity contribution >= 4 is 34.3 Å². The number of carbonyl (C=O) groups is 1. The van der Waals surface area contributed by atoms with Gasteiger partial charge in [0.05, 0.1) is 26.1 Å². The third-order valence-corrected chi connectivity index (χ3v) is 3.31. The Kier molecular flexibility index (Phi) is 5.21. The molecule has 6 heteroatoms. The van der Waals surface area contributed by atoms with E-state index in [-0.39, 0.29) is 11.7 Å². The first-order chi connectivity index (χ1) is 6.74. The molecule has 80 valence electrons. The van der Waals surface area contributed by atoms with Crippen molar-refractivity contribution in [2.45, 2.75) is 0 Å². The van der Waals surface area contributed by atoms with Crippen molar-refractivity contribution in [3.63, 3.8) is 0 Å². The highest BCUT2D eigenvalue weighted by Gasteiger charge is 2.15. The van der Waals surface area contributed by atoms with Gasteiger partial charge in [-0.3, -0.25) is 4.79 Å². The third kappa shape index (κ3) is 3.81. The van der Waals surface area contributed by atoms with Crippen molar-refractivity contribution < 1.29 is 14.3 Å². The molecule has 1 saturated heterocycles. The molecule has 0 atom stereocenters. The van der Waals surface area contributed by atoms with E-state index in [9.17, 15) is 4.79 Å². The number of rotatable bonds is 2. The van der Waals surface area contributed by atoms with Gasteiger partial charge in [-0.25, -0.2) is 0 Å². The van der Waals surface area contributed by atoms with E-state index in [1.54, 1.807) is 0 Å². The molecule has 0 bridgehead atoms. The molecule has 0 radical (unpaired) electrons. The normalized spacial score (nSPS) is 16.5. The number of esters is 1. The molecule has 0 aromatic carbocycles. The molecular formula is C8H13NO3S2. The van der Waals surface area contributed by atoms with Crippen LogP contribution in [0.15, 0.2) is 0 Å². The number of thioether (sulfide) groups is 1. The fraction of sp³-hybridized carbons (Fsp3) is 0.750. The summed E-state index contributed by atoms with van der Waals surface area (Å²) in [6.45, 7) is 3.04. The lowest BCUT2D eigenvalue weighted by Crippen LogP contribution is -2.38. The Morgan fingerprint density at radius 1 is 1.57 bits per heavy atom. The molecule has 0 saturated carbocycles. The average molecular weight is 235 g/mol. The van der Waals surface area contributed by atoms with Gasteiger partial charge in [0.25, 0.3) is 0 Å². The van der Waals surface area contributed by atoms with Gasteiger partial charge < -0.3 is 14.4 Å². The molecule has 0 aliphatic carbocycles. The van der Waals surface area contributed by atoms with Gasteiger partial charge in [-0.2, -0.15) is 0 Å². The molecule has 4 nitrogen and oxygen atoms in total. The SMILES string of the molecule is COC(=O)CSC(=S)N1CCOCC1. The van der Waals surface area contributed by atoms with Crippen LogP contribution in [0.2, 0.25) is 0 Å². The smallest absolute Gasteiger partial charge is 0.316 e. The molecule has 0 spiro atoms. The van der Waals surface area contributed by atoms with Crippen LogP contribution in [0, 0.1) is 0 Å². The van der Waals surface area contributed by atoms with Crippen molar-refractivity contribution in [3.05, 3.63) is 0 Å². The van der Waals surface area contributed by atoms with E-state index in [1.807, 2.05) is 4.90 Å². The Morgan fingerprint density at radius 3 is 2.79 bits per heavy atom. The third-order valence-electron chi connectivity index (χ3n) is 1.81. The Labute approximate surface area is 92.9 Å². The largest absolute Gasteiger partial charge is 0.468 e. The molecule has 0 aromatic heterocycles. The van der Waals surface area contributed by atoms with Crippen LogP contribution < -0.4 is 0 Å². The summed E-state index contributed by atoms with van der Waals surface area (Å²) in [7, 11) is 1.38. The number of methoxy groups -OCH3 is 1. The maximum absolute atomic E-state index is 10.9. The molecule has 14 heavy (non-hydrogen) atoms. The quantitative estimate of drug-likeness (QED) is 0.513. The lowest BCUT2D eigenvalue weighted by Gasteiger charge is -2.28. The van der Waals surface area contributed by atoms with E-state index in [2.05, 4.69) is 4.74 Å². The highest BCUT2D eigenvalue weighted by Crippen LogP contribution is 2.11. The van der Waals surface area contributed by atoms with Crippen molar-refractivity contribution in [3.8, 4) is 0 Å². The fourth-order valence-corrected chi connectivity index (χ4v) is 2.10. The molecule has 0 aromatic rings. The van der Waals surface area contributed by atoms with E-state index in [0.29, 0.717) is 13.2 Å². The van der Waals surface area contributed by atoms with Gasteiger partial charge in [0, 0.05) is 13.1 Å². The van der Waals surface area contributed by atoms with Crippen molar-refractivity contribution in [1.29, 1.82) is 0 Å². The Balaban J connectivity index is 2.23. The van der Waals surface area contributed by atoms with Gasteiger partial charge in [0.1, 0.15) is 4.32 Å². The second-order valence-electron chi connectivity index (χ2n) is 2.73. The Morgan fingerprint density at radius 2 is 2.21 bits per heavy atom. The molecule has 1 heterocycles. The summed E-state index contributed by atoms with van der Waals surface area (Å²) in [4.78, 5) is 12.9. The van der Waals surface area contributed by atoms with Gasteiger partial charge in [0.2, 0.25) is 0 Å². The molecule has 0 amide bonds. The second kappa shape index (κ2) is 6.21. The van der Waals surface area contributed by atoms with Crippen LogP contribution in [-0.4, -0.2) is 54.4 Å². The average Bonchev–Trinajstić information content (AvgIpc) is 2.26. The predicted octanol–water partition coefficient (Wildman–Crippen LogP) is 0.510. The number of thiocarbonyl (C=S) groups is 1. The first kappa shape index (κ1) is 11.7. The van der Waals surface area contributed by atoms with Crippen LogP contribution in [-0.2, 0) is 14.3 Å². The van der Waals surface area contributed by atoms with Crippen LogP contribution in [0.1, 0.15) is 0 Å². The molecule has 1 aliphatic rings. The van der Waals surface area contributed by atoms with E-state index in [4.69, 9.17) is 17.0 Å². The van der Waals surface area contributed by atoms with Crippen molar-refractivity contribution in [1.82, 2.24) is 4.90 Å². The van der Waals surface area contributed by atoms with Gasteiger partial charge in [-0.15, -0.1) is 0 Å². The first-order valence-electron chi connectivity index (χ1n) is 4.30. The minimum atomic E-state index is -0.245. The fourth-order valence-electron chi connectivity index (χ4n) is 1.02. The number of carbonyl (C=O) groups excluding carboxylic acids is 1.